The molecule has 0 aromatic heterocycles. The molecule has 0 atom stereocenters. The van der Waals surface area contributed by atoms with E-state index in [1.807, 2.05) is 19.1 Å². The van der Waals surface area contributed by atoms with Crippen molar-refractivity contribution >= 4 is 17.3 Å². The Morgan fingerprint density at radius 3 is 2.43 bits per heavy atom. The molecule has 0 aliphatic carbocycles. The summed E-state index contributed by atoms with van der Waals surface area (Å²) in [4.78, 5) is 0. The van der Waals surface area contributed by atoms with Crippen molar-refractivity contribution in [3.8, 4) is 11.5 Å². The van der Waals surface area contributed by atoms with Gasteiger partial charge in [0.1, 0.15) is 5.75 Å². The zero-order valence-corrected chi connectivity index (χ0v) is 12.9. The van der Waals surface area contributed by atoms with Gasteiger partial charge in [-0.15, -0.1) is 0 Å². The fourth-order valence-electron chi connectivity index (χ4n) is 1.99. The van der Waals surface area contributed by atoms with Crippen LogP contribution < -0.4 is 14.8 Å². The van der Waals surface area contributed by atoms with Crippen LogP contribution in [-0.2, 0) is 6.54 Å². The number of aryl methyl sites for hydroxylation is 1. The lowest BCUT2D eigenvalue weighted by molar-refractivity contribution is 0.386. The normalized spacial score (nSPS) is 10.3. The Labute approximate surface area is 128 Å². The zero-order valence-electron chi connectivity index (χ0n) is 12.2. The second kappa shape index (κ2) is 6.68. The third-order valence-corrected chi connectivity index (χ3v) is 3.59. The van der Waals surface area contributed by atoms with Crippen molar-refractivity contribution in [2.45, 2.75) is 13.5 Å². The number of rotatable bonds is 5. The quantitative estimate of drug-likeness (QED) is 0.887. The maximum absolute atomic E-state index is 13.6. The van der Waals surface area contributed by atoms with E-state index in [9.17, 15) is 4.39 Å². The van der Waals surface area contributed by atoms with E-state index in [1.54, 1.807) is 19.2 Å². The molecule has 1 N–H and O–H groups in total. The van der Waals surface area contributed by atoms with Gasteiger partial charge in [0.25, 0.3) is 0 Å². The molecule has 0 amide bonds. The number of nitrogens with one attached hydrogen (secondary N) is 1. The maximum Gasteiger partial charge on any atom is 0.165 e. The van der Waals surface area contributed by atoms with Gasteiger partial charge >= 0.3 is 0 Å². The number of anilines is 1. The molecule has 0 fully saturated rings. The third kappa shape index (κ3) is 3.58. The second-order valence-electron chi connectivity index (χ2n) is 4.62. The van der Waals surface area contributed by atoms with Gasteiger partial charge in [0.15, 0.2) is 11.6 Å². The highest BCUT2D eigenvalue weighted by molar-refractivity contribution is 6.31. The Morgan fingerprint density at radius 2 is 1.81 bits per heavy atom. The first-order valence-corrected chi connectivity index (χ1v) is 6.83. The first kappa shape index (κ1) is 15.4. The highest BCUT2D eigenvalue weighted by Crippen LogP contribution is 2.31. The van der Waals surface area contributed by atoms with E-state index in [2.05, 4.69) is 5.32 Å². The van der Waals surface area contributed by atoms with Gasteiger partial charge in [-0.2, -0.15) is 0 Å². The Hall–Kier alpha value is -1.94. The predicted molar refractivity (Wildman–Crippen MR) is 83.0 cm³/mol. The minimum Gasteiger partial charge on any atom is -0.495 e. The predicted octanol–water partition coefficient (Wildman–Crippen LogP) is 4.42. The molecule has 2 rings (SSSR count). The van der Waals surface area contributed by atoms with Crippen molar-refractivity contribution in [2.75, 3.05) is 19.5 Å². The lowest BCUT2D eigenvalue weighted by atomic mass is 10.1. The monoisotopic (exact) mass is 309 g/mol. The fourth-order valence-corrected chi connectivity index (χ4v) is 2.14. The maximum atomic E-state index is 13.6. The highest BCUT2D eigenvalue weighted by atomic mass is 35.5. The van der Waals surface area contributed by atoms with Gasteiger partial charge in [0.2, 0.25) is 0 Å². The van der Waals surface area contributed by atoms with Crippen molar-refractivity contribution in [2.24, 2.45) is 0 Å². The molecule has 3 nitrogen and oxygen atoms in total. The molecule has 0 heterocycles. The molecule has 0 aliphatic heterocycles. The van der Waals surface area contributed by atoms with E-state index >= 15 is 0 Å². The van der Waals surface area contributed by atoms with Gasteiger partial charge in [-0.05, 0) is 36.2 Å². The van der Waals surface area contributed by atoms with Gasteiger partial charge in [-0.3, -0.25) is 0 Å². The minimum absolute atomic E-state index is 0.235. The molecule has 0 saturated heterocycles. The average molecular weight is 310 g/mol. The summed E-state index contributed by atoms with van der Waals surface area (Å²) in [5, 5.41) is 3.87. The first-order valence-electron chi connectivity index (χ1n) is 6.45. The summed E-state index contributed by atoms with van der Waals surface area (Å²) in [7, 11) is 3.02. The molecule has 0 bridgehead atoms. The van der Waals surface area contributed by atoms with Gasteiger partial charge in [-0.1, -0.05) is 17.7 Å². The number of hydrogen-bond donors (Lipinski definition) is 1. The van der Waals surface area contributed by atoms with E-state index in [4.69, 9.17) is 21.1 Å². The SMILES string of the molecule is COc1ccc(CNc2cc(C)c(Cl)cc2OC)cc1F. The van der Waals surface area contributed by atoms with Crippen LogP contribution in [0.3, 0.4) is 0 Å². The molecule has 2 aromatic rings. The number of halogens is 2. The van der Waals surface area contributed by atoms with Crippen LogP contribution >= 0.6 is 11.6 Å². The molecule has 5 heteroatoms. The number of methoxy groups -OCH3 is 2. The molecule has 0 unspecified atom stereocenters. The fraction of sp³-hybridized carbons (Fsp3) is 0.250. The summed E-state index contributed by atoms with van der Waals surface area (Å²) in [5.41, 5.74) is 2.57. The van der Waals surface area contributed by atoms with E-state index in [0.29, 0.717) is 17.3 Å². The van der Waals surface area contributed by atoms with Crippen LogP contribution in [0.1, 0.15) is 11.1 Å². The summed E-state index contributed by atoms with van der Waals surface area (Å²) in [5.74, 6) is 0.509. The first-order chi connectivity index (χ1) is 10.0. The van der Waals surface area contributed by atoms with Crippen LogP contribution in [0.25, 0.3) is 0 Å². The van der Waals surface area contributed by atoms with E-state index in [1.165, 1.54) is 13.2 Å². The van der Waals surface area contributed by atoms with Gasteiger partial charge in [-0.25, -0.2) is 4.39 Å². The van der Waals surface area contributed by atoms with Crippen molar-refractivity contribution < 1.29 is 13.9 Å². The summed E-state index contributed by atoms with van der Waals surface area (Å²) >= 11 is 6.06. The van der Waals surface area contributed by atoms with Crippen LogP contribution in [0.5, 0.6) is 11.5 Å². The Morgan fingerprint density at radius 1 is 1.10 bits per heavy atom. The molecule has 0 saturated carbocycles. The molecule has 0 aliphatic rings. The highest BCUT2D eigenvalue weighted by Gasteiger charge is 2.08. The molecule has 112 valence electrons. The zero-order chi connectivity index (χ0) is 15.4. The summed E-state index contributed by atoms with van der Waals surface area (Å²) < 4.78 is 23.8. The molecular weight excluding hydrogens is 293 g/mol. The van der Waals surface area contributed by atoms with E-state index in [0.717, 1.165) is 16.8 Å². The Kier molecular flexibility index (Phi) is 4.91. The van der Waals surface area contributed by atoms with Gasteiger partial charge < -0.3 is 14.8 Å². The molecular formula is C16H17ClFNO2. The van der Waals surface area contributed by atoms with Gasteiger partial charge in [0.05, 0.1) is 19.9 Å². The van der Waals surface area contributed by atoms with E-state index < -0.39 is 0 Å². The van der Waals surface area contributed by atoms with Crippen LogP contribution in [-0.4, -0.2) is 14.2 Å². The number of hydrogen-bond acceptors (Lipinski definition) is 3. The van der Waals surface area contributed by atoms with Crippen molar-refractivity contribution in [3.05, 3.63) is 52.3 Å². The molecule has 0 radical (unpaired) electrons. The van der Waals surface area contributed by atoms with Crippen LogP contribution in [0.4, 0.5) is 10.1 Å². The van der Waals surface area contributed by atoms with Crippen LogP contribution in [0.15, 0.2) is 30.3 Å². The summed E-state index contributed by atoms with van der Waals surface area (Å²) in [6, 6.07) is 8.52. The number of ether oxygens (including phenoxy) is 2. The smallest absolute Gasteiger partial charge is 0.165 e. The van der Waals surface area contributed by atoms with Crippen molar-refractivity contribution in [3.63, 3.8) is 0 Å². The topological polar surface area (TPSA) is 30.5 Å². The van der Waals surface area contributed by atoms with Crippen LogP contribution in [0.2, 0.25) is 5.02 Å². The standard InChI is InChI=1S/C16H17ClFNO2/c1-10-6-14(16(21-3)8-12(10)17)19-9-11-4-5-15(20-2)13(18)7-11/h4-8,19H,9H2,1-3H3. The molecule has 21 heavy (non-hydrogen) atoms. The summed E-state index contributed by atoms with van der Waals surface area (Å²) in [6.45, 7) is 2.39. The summed E-state index contributed by atoms with van der Waals surface area (Å²) in [6.07, 6.45) is 0. The largest absolute Gasteiger partial charge is 0.495 e. The molecule has 2 aromatic carbocycles. The van der Waals surface area contributed by atoms with E-state index in [-0.39, 0.29) is 11.6 Å². The third-order valence-electron chi connectivity index (χ3n) is 3.18. The number of benzene rings is 2. The Balaban J connectivity index is 2.16. The Bertz CT molecular complexity index is 646. The molecule has 0 spiro atoms. The van der Waals surface area contributed by atoms with Crippen molar-refractivity contribution in [1.82, 2.24) is 0 Å². The van der Waals surface area contributed by atoms with Crippen LogP contribution in [0, 0.1) is 12.7 Å². The lowest BCUT2D eigenvalue weighted by Crippen LogP contribution is -2.03. The average Bonchev–Trinajstić information content (AvgIpc) is 2.48. The van der Waals surface area contributed by atoms with Gasteiger partial charge in [0, 0.05) is 17.6 Å². The minimum atomic E-state index is -0.379. The second-order valence-corrected chi connectivity index (χ2v) is 5.03. The lowest BCUT2D eigenvalue weighted by Gasteiger charge is -2.13. The van der Waals surface area contributed by atoms with Crippen molar-refractivity contribution in [1.29, 1.82) is 0 Å².